The van der Waals surface area contributed by atoms with Gasteiger partial charge in [0.05, 0.1) is 0 Å². The van der Waals surface area contributed by atoms with E-state index in [0.717, 1.165) is 12.8 Å². The van der Waals surface area contributed by atoms with E-state index >= 15 is 0 Å². The zero-order valence-electron chi connectivity index (χ0n) is 6.01. The average molecular weight is 357 g/mol. The van der Waals surface area contributed by atoms with Crippen LogP contribution in [-0.2, 0) is 6.42 Å². The molecular weight excluding hydrogens is 346 g/mol. The van der Waals surface area contributed by atoms with Gasteiger partial charge in [-0.1, -0.05) is 42.3 Å². The van der Waals surface area contributed by atoms with E-state index in [1.54, 1.807) is 0 Å². The summed E-state index contributed by atoms with van der Waals surface area (Å²) in [6, 6.07) is 10.4. The summed E-state index contributed by atoms with van der Waals surface area (Å²) in [5.74, 6) is 0. The molecule has 0 aromatic heterocycles. The maximum Gasteiger partial charge on any atom is 0 e. The van der Waals surface area contributed by atoms with Crippen LogP contribution in [-0.4, -0.2) is 0 Å². The molecule has 0 unspecified atom stereocenters. The molecule has 0 bridgehead atoms. The Bertz CT molecular complexity index is 158. The van der Waals surface area contributed by atoms with E-state index in [1.165, 1.54) is 5.56 Å². The van der Waals surface area contributed by atoms with Crippen molar-refractivity contribution in [1.29, 1.82) is 0 Å². The van der Waals surface area contributed by atoms with Gasteiger partial charge in [0.25, 0.3) is 0 Å². The van der Waals surface area contributed by atoms with Crippen LogP contribution in [0.5, 0.6) is 0 Å². The Morgan fingerprint density at radius 2 is 1.70 bits per heavy atom. The first-order valence-electron chi connectivity index (χ1n) is 3.26. The molecule has 0 aliphatic heterocycles. The largest absolute Gasteiger partial charge is 0.343 e. The molecular formula is C9H11U-. The number of benzene rings is 1. The van der Waals surface area contributed by atoms with E-state index in [2.05, 4.69) is 31.2 Å². The van der Waals surface area contributed by atoms with E-state index in [-0.39, 0.29) is 31.1 Å². The van der Waals surface area contributed by atoms with Crippen LogP contribution in [0, 0.1) is 38.0 Å². The average Bonchev–Trinajstić information content (AvgIpc) is 1.91. The Kier molecular flexibility index (Phi) is 6.18. The fraction of sp³-hybridized carbons (Fsp3) is 0.222. The minimum absolute atomic E-state index is 0. The number of aryl methyl sites for hydroxylation is 1. The molecule has 10 heavy (non-hydrogen) atoms. The summed E-state index contributed by atoms with van der Waals surface area (Å²) in [5, 5.41) is 0. The molecule has 0 radical (unpaired) electrons. The molecule has 0 atom stereocenters. The molecule has 0 aliphatic carbocycles. The molecule has 0 spiro atoms. The van der Waals surface area contributed by atoms with Gasteiger partial charge in [0.1, 0.15) is 0 Å². The first-order valence-corrected chi connectivity index (χ1v) is 3.26. The van der Waals surface area contributed by atoms with E-state index in [1.807, 2.05) is 6.07 Å². The van der Waals surface area contributed by atoms with Crippen LogP contribution in [0.15, 0.2) is 30.3 Å². The molecule has 1 aromatic rings. The monoisotopic (exact) mass is 357 g/mol. The second-order valence-electron chi connectivity index (χ2n) is 2.09. The molecule has 1 aromatic carbocycles. The molecule has 0 fully saturated rings. The second-order valence-corrected chi connectivity index (χ2v) is 2.09. The third kappa shape index (κ3) is 3.44. The fourth-order valence-electron chi connectivity index (χ4n) is 0.849. The Morgan fingerprint density at radius 1 is 1.10 bits per heavy atom. The van der Waals surface area contributed by atoms with Crippen molar-refractivity contribution >= 4 is 0 Å². The van der Waals surface area contributed by atoms with Gasteiger partial charge in [-0.25, -0.2) is 0 Å². The van der Waals surface area contributed by atoms with Gasteiger partial charge < -0.3 is 6.92 Å². The predicted molar refractivity (Wildman–Crippen MR) is 40.1 cm³/mol. The van der Waals surface area contributed by atoms with Gasteiger partial charge in [-0.2, -0.15) is 6.42 Å². The van der Waals surface area contributed by atoms with Gasteiger partial charge in [0.2, 0.25) is 0 Å². The predicted octanol–water partition coefficient (Wildman–Crippen LogP) is 2.45. The van der Waals surface area contributed by atoms with Crippen molar-refractivity contribution in [1.82, 2.24) is 0 Å². The topological polar surface area (TPSA) is 0 Å². The summed E-state index contributed by atoms with van der Waals surface area (Å²) < 4.78 is 0. The molecule has 1 rings (SSSR count). The third-order valence-corrected chi connectivity index (χ3v) is 1.31. The third-order valence-electron chi connectivity index (χ3n) is 1.31. The van der Waals surface area contributed by atoms with Crippen molar-refractivity contribution in [2.24, 2.45) is 0 Å². The summed E-state index contributed by atoms with van der Waals surface area (Å²) in [4.78, 5) is 0. The number of rotatable bonds is 2. The van der Waals surface area contributed by atoms with Crippen LogP contribution in [0.2, 0.25) is 0 Å². The van der Waals surface area contributed by atoms with Crippen molar-refractivity contribution < 1.29 is 31.1 Å². The van der Waals surface area contributed by atoms with Crippen LogP contribution < -0.4 is 0 Å². The smallest absolute Gasteiger partial charge is 0 e. The molecule has 52 valence electrons. The normalized spacial score (nSPS) is 8.50. The van der Waals surface area contributed by atoms with Crippen molar-refractivity contribution in [3.63, 3.8) is 0 Å². The first kappa shape index (κ1) is 10.3. The summed E-state index contributed by atoms with van der Waals surface area (Å²) in [5.41, 5.74) is 1.38. The van der Waals surface area contributed by atoms with Gasteiger partial charge >= 0.3 is 0 Å². The zero-order valence-corrected chi connectivity index (χ0v) is 10.2. The Hall–Kier alpha value is 0.272. The van der Waals surface area contributed by atoms with Gasteiger partial charge in [-0.15, -0.1) is 0 Å². The summed E-state index contributed by atoms with van der Waals surface area (Å²) >= 11 is 0. The Balaban J connectivity index is 0.000000810. The Labute approximate surface area is 86.4 Å². The summed E-state index contributed by atoms with van der Waals surface area (Å²) in [6.45, 7) is 3.78. The molecule has 0 nitrogen and oxygen atoms in total. The van der Waals surface area contributed by atoms with Crippen molar-refractivity contribution in [2.45, 2.75) is 12.8 Å². The van der Waals surface area contributed by atoms with E-state index in [4.69, 9.17) is 0 Å². The molecule has 0 N–H and O–H groups in total. The zero-order chi connectivity index (χ0) is 6.53. The molecule has 0 saturated heterocycles. The number of hydrogen-bond donors (Lipinski definition) is 0. The molecule has 0 heterocycles. The maximum atomic E-state index is 3.78. The second kappa shape index (κ2) is 6.01. The first-order chi connectivity index (χ1) is 4.43. The van der Waals surface area contributed by atoms with E-state index in [9.17, 15) is 0 Å². The van der Waals surface area contributed by atoms with E-state index in [0.29, 0.717) is 0 Å². The van der Waals surface area contributed by atoms with E-state index < -0.39 is 0 Å². The molecule has 0 amide bonds. The fourth-order valence-corrected chi connectivity index (χ4v) is 0.849. The van der Waals surface area contributed by atoms with Crippen LogP contribution in [0.4, 0.5) is 0 Å². The molecule has 0 aliphatic rings. The summed E-state index contributed by atoms with van der Waals surface area (Å²) in [6.07, 6.45) is 2.09. The van der Waals surface area contributed by atoms with Crippen molar-refractivity contribution in [2.75, 3.05) is 0 Å². The molecule has 0 saturated carbocycles. The van der Waals surface area contributed by atoms with Crippen LogP contribution in [0.3, 0.4) is 0 Å². The maximum absolute atomic E-state index is 3.78. The van der Waals surface area contributed by atoms with Crippen LogP contribution >= 0.6 is 0 Å². The SMILES string of the molecule is [CH2-]CCc1ccccc1.[U]. The minimum Gasteiger partial charge on any atom is -0.343 e. The van der Waals surface area contributed by atoms with Crippen molar-refractivity contribution in [3.05, 3.63) is 42.8 Å². The van der Waals surface area contributed by atoms with Gasteiger partial charge in [0, 0.05) is 31.1 Å². The van der Waals surface area contributed by atoms with Crippen LogP contribution in [0.25, 0.3) is 0 Å². The standard InChI is InChI=1S/C9H11.U/c1-2-6-9-7-4-3-5-8-9;/h3-5,7-8H,1-2,6H2;/q-1;. The van der Waals surface area contributed by atoms with Crippen molar-refractivity contribution in [3.8, 4) is 0 Å². The quantitative estimate of drug-likeness (QED) is 0.714. The summed E-state index contributed by atoms with van der Waals surface area (Å²) in [7, 11) is 0. The van der Waals surface area contributed by atoms with Crippen LogP contribution in [0.1, 0.15) is 12.0 Å². The van der Waals surface area contributed by atoms with Gasteiger partial charge in [-0.05, 0) is 0 Å². The van der Waals surface area contributed by atoms with Gasteiger partial charge in [0.15, 0.2) is 0 Å². The Morgan fingerprint density at radius 3 is 2.20 bits per heavy atom. The molecule has 1 heteroatoms. The number of hydrogen-bond acceptors (Lipinski definition) is 0. The minimum atomic E-state index is 0. The van der Waals surface area contributed by atoms with Gasteiger partial charge in [-0.3, -0.25) is 0 Å².